The Morgan fingerprint density at radius 3 is 2.42 bits per heavy atom. The van der Waals surface area contributed by atoms with Crippen LogP contribution in [0.25, 0.3) is 0 Å². The summed E-state index contributed by atoms with van der Waals surface area (Å²) in [5.41, 5.74) is 1.51. The zero-order valence-corrected chi connectivity index (χ0v) is 10.2. The number of nitrogens with zero attached hydrogens (tertiary/aromatic N) is 3. The summed E-state index contributed by atoms with van der Waals surface area (Å²) >= 11 is 0. The molecular weight excluding hydrogens is 242 g/mol. The van der Waals surface area contributed by atoms with Gasteiger partial charge >= 0.3 is 6.09 Å². The van der Waals surface area contributed by atoms with Crippen molar-refractivity contribution in [2.45, 2.75) is 18.8 Å². The highest BCUT2D eigenvalue weighted by Gasteiger charge is 2.26. The van der Waals surface area contributed by atoms with Gasteiger partial charge in [-0.25, -0.2) is 14.7 Å². The van der Waals surface area contributed by atoms with Gasteiger partial charge in [-0.1, -0.05) is 18.2 Å². The van der Waals surface area contributed by atoms with E-state index in [9.17, 15) is 9.90 Å². The molecule has 1 amide bonds. The van der Waals surface area contributed by atoms with Crippen LogP contribution in [0.3, 0.4) is 0 Å². The largest absolute Gasteiger partial charge is 0.464 e. The summed E-state index contributed by atoms with van der Waals surface area (Å²) in [6.07, 6.45) is 4.42. The molecule has 3 rings (SSSR count). The first-order valence-electron chi connectivity index (χ1n) is 6.16. The summed E-state index contributed by atoms with van der Waals surface area (Å²) in [5, 5.41) is 9.33. The third kappa shape index (κ3) is 2.40. The van der Waals surface area contributed by atoms with Crippen molar-refractivity contribution in [3.8, 4) is 0 Å². The van der Waals surface area contributed by atoms with Crippen molar-refractivity contribution < 1.29 is 9.90 Å². The van der Waals surface area contributed by atoms with Crippen molar-refractivity contribution in [1.82, 2.24) is 9.97 Å². The number of anilines is 2. The third-order valence-electron chi connectivity index (χ3n) is 3.09. The first-order chi connectivity index (χ1) is 9.25. The zero-order chi connectivity index (χ0) is 13.2. The molecule has 0 atom stereocenters. The summed E-state index contributed by atoms with van der Waals surface area (Å²) in [5.74, 6) is 0.833. The Kier molecular flexibility index (Phi) is 2.87. The van der Waals surface area contributed by atoms with Gasteiger partial charge < -0.3 is 5.11 Å². The van der Waals surface area contributed by atoms with Crippen molar-refractivity contribution in [1.29, 1.82) is 0 Å². The average molecular weight is 255 g/mol. The van der Waals surface area contributed by atoms with Gasteiger partial charge in [-0.3, -0.25) is 4.98 Å². The molecule has 0 radical (unpaired) electrons. The van der Waals surface area contributed by atoms with E-state index >= 15 is 0 Å². The predicted octanol–water partition coefficient (Wildman–Crippen LogP) is 3.17. The first-order valence-corrected chi connectivity index (χ1v) is 6.16. The fourth-order valence-electron chi connectivity index (χ4n) is 1.95. The van der Waals surface area contributed by atoms with E-state index in [0.717, 1.165) is 23.4 Å². The number of hydrogen-bond donors (Lipinski definition) is 1. The van der Waals surface area contributed by atoms with Gasteiger partial charge in [-0.15, -0.1) is 0 Å². The fraction of sp³-hybridized carbons (Fsp3) is 0.214. The Morgan fingerprint density at radius 2 is 1.89 bits per heavy atom. The minimum Gasteiger partial charge on any atom is -0.464 e. The number of amides is 1. The van der Waals surface area contributed by atoms with E-state index in [2.05, 4.69) is 9.97 Å². The quantitative estimate of drug-likeness (QED) is 0.914. The van der Waals surface area contributed by atoms with Crippen molar-refractivity contribution in [2.75, 3.05) is 4.90 Å². The zero-order valence-electron chi connectivity index (χ0n) is 10.2. The topological polar surface area (TPSA) is 66.3 Å². The SMILES string of the molecule is O=C(O)N(c1ccccc1)c1cnc(C2CC2)cn1. The molecule has 5 nitrogen and oxygen atoms in total. The molecule has 0 spiro atoms. The van der Waals surface area contributed by atoms with E-state index in [1.807, 2.05) is 6.07 Å². The number of rotatable bonds is 3. The molecule has 19 heavy (non-hydrogen) atoms. The van der Waals surface area contributed by atoms with Crippen LogP contribution in [0.1, 0.15) is 24.5 Å². The second-order valence-electron chi connectivity index (χ2n) is 4.53. The van der Waals surface area contributed by atoms with E-state index < -0.39 is 6.09 Å². The Bertz CT molecular complexity index is 579. The van der Waals surface area contributed by atoms with Gasteiger partial charge in [0.25, 0.3) is 0 Å². The molecule has 0 unspecified atom stereocenters. The summed E-state index contributed by atoms with van der Waals surface area (Å²) in [6, 6.07) is 8.87. The molecule has 0 saturated heterocycles. The van der Waals surface area contributed by atoms with E-state index in [0.29, 0.717) is 17.4 Å². The summed E-state index contributed by atoms with van der Waals surface area (Å²) in [7, 11) is 0. The summed E-state index contributed by atoms with van der Waals surface area (Å²) in [6.45, 7) is 0. The molecule has 1 saturated carbocycles. The molecule has 1 N–H and O–H groups in total. The van der Waals surface area contributed by atoms with Crippen molar-refractivity contribution in [3.63, 3.8) is 0 Å². The van der Waals surface area contributed by atoms with Crippen molar-refractivity contribution >= 4 is 17.6 Å². The van der Waals surface area contributed by atoms with E-state index in [4.69, 9.17) is 0 Å². The first kappa shape index (κ1) is 11.6. The van der Waals surface area contributed by atoms with Crippen LogP contribution >= 0.6 is 0 Å². The van der Waals surface area contributed by atoms with Gasteiger partial charge in [0.1, 0.15) is 0 Å². The van der Waals surface area contributed by atoms with Crippen LogP contribution in [-0.4, -0.2) is 21.2 Å². The number of carbonyl (C=O) groups is 1. The lowest BCUT2D eigenvalue weighted by atomic mass is 10.3. The highest BCUT2D eigenvalue weighted by Crippen LogP contribution is 2.38. The minimum absolute atomic E-state index is 0.322. The highest BCUT2D eigenvalue weighted by molar-refractivity contribution is 5.93. The Hall–Kier alpha value is -2.43. The van der Waals surface area contributed by atoms with Gasteiger partial charge in [0, 0.05) is 5.92 Å². The monoisotopic (exact) mass is 255 g/mol. The molecule has 1 aromatic carbocycles. The Morgan fingerprint density at radius 1 is 1.16 bits per heavy atom. The lowest BCUT2D eigenvalue weighted by molar-refractivity contribution is 0.204. The van der Waals surface area contributed by atoms with Gasteiger partial charge in [0.2, 0.25) is 0 Å². The van der Waals surface area contributed by atoms with E-state index in [-0.39, 0.29) is 0 Å². The van der Waals surface area contributed by atoms with Gasteiger partial charge in [0.15, 0.2) is 5.82 Å². The minimum atomic E-state index is -1.07. The maximum Gasteiger partial charge on any atom is 0.417 e. The maximum atomic E-state index is 11.4. The van der Waals surface area contributed by atoms with Gasteiger partial charge in [0.05, 0.1) is 23.8 Å². The molecule has 1 aromatic heterocycles. The van der Waals surface area contributed by atoms with E-state index in [1.54, 1.807) is 30.5 Å². The van der Waals surface area contributed by atoms with Crippen molar-refractivity contribution in [2.24, 2.45) is 0 Å². The van der Waals surface area contributed by atoms with Crippen LogP contribution in [0.15, 0.2) is 42.7 Å². The molecule has 1 heterocycles. The second-order valence-corrected chi connectivity index (χ2v) is 4.53. The molecule has 2 aromatic rings. The summed E-state index contributed by atoms with van der Waals surface area (Å²) < 4.78 is 0. The lowest BCUT2D eigenvalue weighted by Crippen LogP contribution is -2.24. The number of hydrogen-bond acceptors (Lipinski definition) is 3. The fourth-order valence-corrected chi connectivity index (χ4v) is 1.95. The van der Waals surface area contributed by atoms with Crippen molar-refractivity contribution in [3.05, 3.63) is 48.4 Å². The number of carboxylic acid groups (broad SMARTS) is 1. The number of para-hydroxylation sites is 1. The Labute approximate surface area is 110 Å². The van der Waals surface area contributed by atoms with E-state index in [1.165, 1.54) is 6.20 Å². The molecule has 0 aliphatic heterocycles. The van der Waals surface area contributed by atoms with Crippen LogP contribution in [-0.2, 0) is 0 Å². The molecule has 1 aliphatic rings. The smallest absolute Gasteiger partial charge is 0.417 e. The number of benzene rings is 1. The second kappa shape index (κ2) is 4.68. The molecule has 5 heteroatoms. The van der Waals surface area contributed by atoms with Gasteiger partial charge in [-0.2, -0.15) is 0 Å². The molecular formula is C14H13N3O2. The van der Waals surface area contributed by atoms with Crippen LogP contribution in [0.2, 0.25) is 0 Å². The normalized spacial score (nSPS) is 14.1. The molecule has 0 bridgehead atoms. The predicted molar refractivity (Wildman–Crippen MR) is 70.6 cm³/mol. The Balaban J connectivity index is 1.93. The highest BCUT2D eigenvalue weighted by atomic mass is 16.4. The van der Waals surface area contributed by atoms with Crippen LogP contribution in [0.4, 0.5) is 16.3 Å². The maximum absolute atomic E-state index is 11.4. The van der Waals surface area contributed by atoms with Gasteiger partial charge in [-0.05, 0) is 25.0 Å². The average Bonchev–Trinajstić information content (AvgIpc) is 3.25. The number of aromatic nitrogens is 2. The molecule has 1 fully saturated rings. The van der Waals surface area contributed by atoms with Crippen LogP contribution in [0.5, 0.6) is 0 Å². The molecule has 96 valence electrons. The lowest BCUT2D eigenvalue weighted by Gasteiger charge is -2.17. The summed E-state index contributed by atoms with van der Waals surface area (Å²) in [4.78, 5) is 21.0. The third-order valence-corrected chi connectivity index (χ3v) is 3.09. The van der Waals surface area contributed by atoms with Crippen LogP contribution in [0, 0.1) is 0 Å². The molecule has 1 aliphatic carbocycles. The standard InChI is InChI=1S/C14H13N3O2/c18-14(19)17(11-4-2-1-3-5-11)13-9-15-12(8-16-13)10-6-7-10/h1-5,8-10H,6-7H2,(H,18,19). The van der Waals surface area contributed by atoms with Crippen LogP contribution < -0.4 is 4.90 Å².